The molecule has 3 aromatic heterocycles. The van der Waals surface area contributed by atoms with E-state index in [4.69, 9.17) is 14.7 Å². The molecule has 0 radical (unpaired) electrons. The van der Waals surface area contributed by atoms with Crippen LogP contribution in [0.3, 0.4) is 0 Å². The van der Waals surface area contributed by atoms with Crippen LogP contribution < -0.4 is 4.74 Å². The van der Waals surface area contributed by atoms with Gasteiger partial charge in [-0.1, -0.05) is 146 Å². The molecule has 2 aliphatic rings. The average molecular weight is 728 g/mol. The first-order chi connectivity index (χ1) is 28.3. The Morgan fingerprint density at radius 2 is 1.21 bits per heavy atom. The van der Waals surface area contributed by atoms with Crippen LogP contribution in [0.1, 0.15) is 33.4 Å². The summed E-state index contributed by atoms with van der Waals surface area (Å²) in [5, 5.41) is 3.34. The molecular weight excluding hydrogens is 695 g/mol. The van der Waals surface area contributed by atoms with Gasteiger partial charge in [0.15, 0.2) is 0 Å². The molecule has 1 unspecified atom stereocenters. The van der Waals surface area contributed by atoms with Gasteiger partial charge in [0.1, 0.15) is 17.3 Å². The summed E-state index contributed by atoms with van der Waals surface area (Å²) in [5.74, 6) is 2.64. The first-order valence-corrected chi connectivity index (χ1v) is 19.4. The molecule has 4 heteroatoms. The van der Waals surface area contributed by atoms with Crippen LogP contribution in [0.25, 0.3) is 73.1 Å². The van der Waals surface area contributed by atoms with Crippen LogP contribution in [0, 0.1) is 0 Å². The van der Waals surface area contributed by atoms with Crippen LogP contribution in [0.4, 0.5) is 0 Å². The molecule has 57 heavy (non-hydrogen) atoms. The smallest absolute Gasteiger partial charge is 0.140 e. The van der Waals surface area contributed by atoms with Crippen molar-refractivity contribution in [1.82, 2.24) is 14.5 Å². The number of rotatable bonds is 3. The second-order valence-electron chi connectivity index (χ2n) is 14.9. The molecule has 1 spiro atoms. The number of hydrogen-bond donors (Lipinski definition) is 0. The Morgan fingerprint density at radius 1 is 0.474 bits per heavy atom. The van der Waals surface area contributed by atoms with E-state index in [1.165, 1.54) is 22.3 Å². The van der Waals surface area contributed by atoms with Crippen molar-refractivity contribution in [3.8, 4) is 39.7 Å². The summed E-state index contributed by atoms with van der Waals surface area (Å²) in [7, 11) is 0. The maximum absolute atomic E-state index is 6.94. The fraction of sp³-hybridized carbons (Fsp3) is 0.0189. The predicted molar refractivity (Wildman–Crippen MR) is 232 cm³/mol. The van der Waals surface area contributed by atoms with Crippen molar-refractivity contribution in [3.05, 3.63) is 222 Å². The minimum absolute atomic E-state index is 0.662. The van der Waals surface area contributed by atoms with E-state index in [9.17, 15) is 0 Å². The van der Waals surface area contributed by atoms with Crippen molar-refractivity contribution in [2.45, 2.75) is 5.41 Å². The average Bonchev–Trinajstić information content (AvgIpc) is 3.53. The minimum Gasteiger partial charge on any atom is -0.456 e. The fourth-order valence-corrected chi connectivity index (χ4v) is 9.43. The Bertz CT molecular complexity index is 3270. The van der Waals surface area contributed by atoms with Gasteiger partial charge in [0.05, 0.1) is 27.7 Å². The number of fused-ring (bicyclic) bond motifs is 13. The van der Waals surface area contributed by atoms with Crippen LogP contribution in [-0.4, -0.2) is 14.5 Å². The Hall–Kier alpha value is -7.56. The third-order valence-corrected chi connectivity index (χ3v) is 11.9. The van der Waals surface area contributed by atoms with E-state index in [2.05, 4.69) is 181 Å². The van der Waals surface area contributed by atoms with E-state index in [1.54, 1.807) is 0 Å². The zero-order valence-corrected chi connectivity index (χ0v) is 30.8. The van der Waals surface area contributed by atoms with Gasteiger partial charge < -0.3 is 4.74 Å². The highest BCUT2D eigenvalue weighted by Gasteiger charge is 2.48. The lowest BCUT2D eigenvalue weighted by molar-refractivity contribution is 0.439. The molecular formula is C53H33N3O. The van der Waals surface area contributed by atoms with Gasteiger partial charge in [0.2, 0.25) is 0 Å². The molecule has 0 bridgehead atoms. The number of ether oxygens (including phenoxy) is 1. The van der Waals surface area contributed by atoms with Crippen LogP contribution in [-0.2, 0) is 5.41 Å². The van der Waals surface area contributed by atoms with Crippen molar-refractivity contribution >= 4 is 44.9 Å². The zero-order valence-electron chi connectivity index (χ0n) is 30.8. The van der Waals surface area contributed by atoms with Crippen LogP contribution in [0.15, 0.2) is 188 Å². The van der Waals surface area contributed by atoms with Gasteiger partial charge >= 0.3 is 0 Å². The zero-order chi connectivity index (χ0) is 37.5. The van der Waals surface area contributed by atoms with E-state index in [-0.39, 0.29) is 0 Å². The number of aromatic nitrogens is 3. The molecule has 10 aromatic rings. The quantitative estimate of drug-likeness (QED) is 0.182. The maximum Gasteiger partial charge on any atom is 0.140 e. The van der Waals surface area contributed by atoms with Gasteiger partial charge in [0.25, 0.3) is 0 Å². The molecule has 0 amide bonds. The highest BCUT2D eigenvalue weighted by Crippen LogP contribution is 2.59. The van der Waals surface area contributed by atoms with Gasteiger partial charge in [-0.3, -0.25) is 4.57 Å². The molecule has 0 saturated carbocycles. The number of para-hydroxylation sites is 1. The fourth-order valence-electron chi connectivity index (χ4n) is 9.43. The van der Waals surface area contributed by atoms with Crippen LogP contribution in [0.5, 0.6) is 11.5 Å². The summed E-state index contributed by atoms with van der Waals surface area (Å²) in [4.78, 5) is 10.1. The first-order valence-electron chi connectivity index (χ1n) is 19.4. The van der Waals surface area contributed by atoms with Crippen LogP contribution >= 0.6 is 0 Å². The van der Waals surface area contributed by atoms with Gasteiger partial charge in [-0.05, 0) is 87.3 Å². The van der Waals surface area contributed by atoms with Gasteiger partial charge in [0, 0.05) is 33.7 Å². The van der Waals surface area contributed by atoms with E-state index in [1.807, 2.05) is 24.4 Å². The lowest BCUT2D eigenvalue weighted by Gasteiger charge is -2.43. The van der Waals surface area contributed by atoms with E-state index >= 15 is 0 Å². The Labute approximate surface area is 329 Å². The summed E-state index contributed by atoms with van der Waals surface area (Å²) in [5.41, 5.74) is 13.7. The summed E-state index contributed by atoms with van der Waals surface area (Å²) >= 11 is 0. The third-order valence-electron chi connectivity index (χ3n) is 11.9. The second kappa shape index (κ2) is 12.2. The Kier molecular flexibility index (Phi) is 6.81. The van der Waals surface area contributed by atoms with Crippen molar-refractivity contribution in [2.75, 3.05) is 0 Å². The van der Waals surface area contributed by atoms with Gasteiger partial charge in [-0.15, -0.1) is 0 Å². The lowest BCUT2D eigenvalue weighted by Crippen LogP contribution is -2.35. The molecule has 1 aliphatic carbocycles. The first kappa shape index (κ1) is 31.8. The van der Waals surface area contributed by atoms with Crippen molar-refractivity contribution in [2.24, 2.45) is 0 Å². The molecule has 4 nitrogen and oxygen atoms in total. The van der Waals surface area contributed by atoms with Crippen molar-refractivity contribution in [1.29, 1.82) is 0 Å². The number of pyridine rings is 2. The molecule has 0 saturated heterocycles. The van der Waals surface area contributed by atoms with E-state index < -0.39 is 5.41 Å². The predicted octanol–water partition coefficient (Wildman–Crippen LogP) is 13.0. The normalized spacial score (nSPS) is 15.2. The molecule has 7 aromatic carbocycles. The molecule has 4 heterocycles. The molecule has 12 rings (SSSR count). The van der Waals surface area contributed by atoms with E-state index in [0.29, 0.717) is 0 Å². The topological polar surface area (TPSA) is 39.9 Å². The number of nitrogens with zero attached hydrogens (tertiary/aromatic N) is 3. The summed E-state index contributed by atoms with van der Waals surface area (Å²) < 4.78 is 9.17. The monoisotopic (exact) mass is 727 g/mol. The van der Waals surface area contributed by atoms with Crippen LogP contribution in [0.2, 0.25) is 0 Å². The molecule has 266 valence electrons. The lowest BCUT2D eigenvalue weighted by atomic mass is 9.61. The molecule has 1 aliphatic heterocycles. The summed E-state index contributed by atoms with van der Waals surface area (Å²) in [6, 6.07) is 65.0. The molecule has 0 N–H and O–H groups in total. The Balaban J connectivity index is 1.14. The third kappa shape index (κ3) is 4.62. The van der Waals surface area contributed by atoms with Gasteiger partial charge in [-0.2, -0.15) is 0 Å². The Morgan fingerprint density at radius 3 is 2.11 bits per heavy atom. The summed E-state index contributed by atoms with van der Waals surface area (Å²) in [6.45, 7) is 0. The maximum atomic E-state index is 6.94. The second-order valence-corrected chi connectivity index (χ2v) is 14.9. The summed E-state index contributed by atoms with van der Waals surface area (Å²) in [6.07, 6.45) is 6.40. The minimum atomic E-state index is -0.662. The van der Waals surface area contributed by atoms with Gasteiger partial charge in [-0.25, -0.2) is 9.97 Å². The number of benzene rings is 7. The van der Waals surface area contributed by atoms with Crippen molar-refractivity contribution < 1.29 is 4.74 Å². The SMILES string of the molecule is C1=Cc2ccc(-c3ccc4c(c3)c3nc(-c5ccccc5)ccc3n4-c3ccccn3)cc2C2(c3ccccc31)c1ccccc1Oc1c2ccc2ccccc12. The largest absolute Gasteiger partial charge is 0.456 e. The molecule has 1 atom stereocenters. The number of hydrogen-bond acceptors (Lipinski definition) is 3. The molecule has 0 fully saturated rings. The highest BCUT2D eigenvalue weighted by molar-refractivity contribution is 6.09. The van der Waals surface area contributed by atoms with E-state index in [0.717, 1.165) is 83.5 Å². The standard InChI is InChI=1S/C53H33N3O/c1-2-14-37(15-3-1)46-28-30-48-51(55-46)41-32-38(26-29-47(41)56(48)50-20-10-11-31-54-50)39-24-23-36-22-21-35-13-5-7-17-42(35)53(45(36)33-39)43-18-8-9-19-49(43)57-52-40-16-6-4-12-34(40)25-27-44(52)53/h1-33H. The van der Waals surface area contributed by atoms with Crippen molar-refractivity contribution in [3.63, 3.8) is 0 Å². The highest BCUT2D eigenvalue weighted by atomic mass is 16.5.